The minimum absolute atomic E-state index is 0.0312. The Labute approximate surface area is 112 Å². The van der Waals surface area contributed by atoms with Gasteiger partial charge in [-0.05, 0) is 36.8 Å². The number of hydrogen-bond donors (Lipinski definition) is 1. The fourth-order valence-corrected chi connectivity index (χ4v) is 2.19. The molecule has 2 rings (SSSR count). The first-order valence-electron chi connectivity index (χ1n) is 5.98. The third kappa shape index (κ3) is 2.66. The average molecular weight is 262 g/mol. The highest BCUT2D eigenvalue weighted by molar-refractivity contribution is 6.31. The maximum Gasteiger partial charge on any atom is 0.0696 e. The number of aliphatic hydroxyl groups is 1. The highest BCUT2D eigenvalue weighted by atomic mass is 35.5. The molecule has 2 aromatic carbocycles. The molecular weight excluding hydrogens is 246 g/mol. The smallest absolute Gasteiger partial charge is 0.0696 e. The van der Waals surface area contributed by atoms with Gasteiger partial charge in [-0.2, -0.15) is 0 Å². The molecule has 3 heteroatoms. The van der Waals surface area contributed by atoms with Gasteiger partial charge >= 0.3 is 0 Å². The van der Waals surface area contributed by atoms with Crippen LogP contribution in [0.5, 0.6) is 0 Å². The summed E-state index contributed by atoms with van der Waals surface area (Å²) in [5, 5.41) is 9.73. The first-order chi connectivity index (χ1) is 8.76. The van der Waals surface area contributed by atoms with E-state index in [0.717, 1.165) is 23.5 Å². The quantitative estimate of drug-likeness (QED) is 0.900. The molecule has 0 radical (unpaired) electrons. The van der Waals surface area contributed by atoms with E-state index < -0.39 is 0 Å². The van der Waals surface area contributed by atoms with Crippen LogP contribution in [-0.4, -0.2) is 11.7 Å². The normalized spacial score (nSPS) is 10.4. The Morgan fingerprint density at radius 3 is 2.33 bits per heavy atom. The molecule has 0 bridgehead atoms. The van der Waals surface area contributed by atoms with Gasteiger partial charge in [-0.3, -0.25) is 0 Å². The lowest BCUT2D eigenvalue weighted by Crippen LogP contribution is -2.15. The van der Waals surface area contributed by atoms with Crippen molar-refractivity contribution in [3.63, 3.8) is 0 Å². The molecule has 0 heterocycles. The van der Waals surface area contributed by atoms with Crippen molar-refractivity contribution in [1.82, 2.24) is 0 Å². The maximum atomic E-state index is 9.12. The molecule has 18 heavy (non-hydrogen) atoms. The molecule has 0 atom stereocenters. The van der Waals surface area contributed by atoms with E-state index in [0.29, 0.717) is 5.02 Å². The molecule has 2 aromatic rings. The lowest BCUT2D eigenvalue weighted by molar-refractivity contribution is 0.282. The molecule has 0 saturated carbocycles. The highest BCUT2D eigenvalue weighted by Gasteiger charge is 2.08. The zero-order valence-electron chi connectivity index (χ0n) is 10.3. The highest BCUT2D eigenvalue weighted by Crippen LogP contribution is 2.29. The number of anilines is 2. The van der Waals surface area contributed by atoms with Crippen LogP contribution in [0.25, 0.3) is 0 Å². The summed E-state index contributed by atoms with van der Waals surface area (Å²) < 4.78 is 0. The van der Waals surface area contributed by atoms with E-state index in [1.165, 1.54) is 0 Å². The summed E-state index contributed by atoms with van der Waals surface area (Å²) in [4.78, 5) is 2.17. The molecule has 0 amide bonds. The van der Waals surface area contributed by atoms with Crippen LogP contribution >= 0.6 is 11.6 Å². The Balaban J connectivity index is 2.37. The van der Waals surface area contributed by atoms with Crippen molar-refractivity contribution in [1.29, 1.82) is 0 Å². The Bertz CT molecular complexity index is 513. The molecular formula is C15H16ClNO. The topological polar surface area (TPSA) is 23.5 Å². The molecule has 0 aliphatic rings. The molecule has 0 aliphatic heterocycles. The van der Waals surface area contributed by atoms with Crippen molar-refractivity contribution in [3.8, 4) is 0 Å². The van der Waals surface area contributed by atoms with Gasteiger partial charge in [0.15, 0.2) is 0 Å². The summed E-state index contributed by atoms with van der Waals surface area (Å²) >= 11 is 6.13. The number of halogens is 1. The third-order valence-electron chi connectivity index (χ3n) is 2.90. The Morgan fingerprint density at radius 1 is 1.06 bits per heavy atom. The monoisotopic (exact) mass is 261 g/mol. The fourth-order valence-electron chi connectivity index (χ4n) is 1.95. The summed E-state index contributed by atoms with van der Waals surface area (Å²) in [6.45, 7) is 2.93. The van der Waals surface area contributed by atoms with E-state index in [1.807, 2.05) is 36.4 Å². The van der Waals surface area contributed by atoms with Crippen molar-refractivity contribution < 1.29 is 5.11 Å². The fraction of sp³-hybridized carbons (Fsp3) is 0.200. The molecule has 1 N–H and O–H groups in total. The largest absolute Gasteiger partial charge is 0.392 e. The second-order valence-corrected chi connectivity index (χ2v) is 4.42. The summed E-state index contributed by atoms with van der Waals surface area (Å²) in [5.74, 6) is 0. The lowest BCUT2D eigenvalue weighted by atomic mass is 10.2. The Kier molecular flexibility index (Phi) is 4.24. The second kappa shape index (κ2) is 5.89. The molecule has 0 unspecified atom stereocenters. The Morgan fingerprint density at radius 2 is 1.78 bits per heavy atom. The van der Waals surface area contributed by atoms with E-state index >= 15 is 0 Å². The van der Waals surface area contributed by atoms with E-state index in [-0.39, 0.29) is 6.61 Å². The van der Waals surface area contributed by atoms with Crippen LogP contribution in [0.2, 0.25) is 5.02 Å². The van der Waals surface area contributed by atoms with Crippen LogP contribution in [0.4, 0.5) is 11.4 Å². The van der Waals surface area contributed by atoms with Crippen molar-refractivity contribution in [2.45, 2.75) is 13.5 Å². The zero-order valence-corrected chi connectivity index (χ0v) is 11.1. The number of para-hydroxylation sites is 1. The molecule has 94 valence electrons. The molecule has 0 aromatic heterocycles. The molecule has 0 fully saturated rings. The van der Waals surface area contributed by atoms with Crippen LogP contribution < -0.4 is 4.90 Å². The van der Waals surface area contributed by atoms with Gasteiger partial charge in [0.1, 0.15) is 0 Å². The number of hydrogen-bond acceptors (Lipinski definition) is 2. The van der Waals surface area contributed by atoms with Gasteiger partial charge < -0.3 is 10.0 Å². The van der Waals surface area contributed by atoms with Crippen LogP contribution in [0.1, 0.15) is 12.5 Å². The standard InChI is InChI=1S/C15H16ClNO/c1-2-17(13-6-4-3-5-7-13)14-9-8-12(11-18)15(16)10-14/h3-10,18H,2,11H2,1H3. The van der Waals surface area contributed by atoms with Crippen LogP contribution in [0.15, 0.2) is 48.5 Å². The summed E-state index contributed by atoms with van der Waals surface area (Å²) in [6.07, 6.45) is 0. The van der Waals surface area contributed by atoms with E-state index in [1.54, 1.807) is 0 Å². The van der Waals surface area contributed by atoms with Gasteiger partial charge in [-0.15, -0.1) is 0 Å². The molecule has 0 aliphatic carbocycles. The van der Waals surface area contributed by atoms with Gasteiger partial charge in [0, 0.05) is 22.9 Å². The molecule has 2 nitrogen and oxygen atoms in total. The number of benzene rings is 2. The zero-order chi connectivity index (χ0) is 13.0. The molecule has 0 saturated heterocycles. The summed E-state index contributed by atoms with van der Waals surface area (Å²) in [5.41, 5.74) is 2.92. The van der Waals surface area contributed by atoms with Crippen molar-refractivity contribution in [2.75, 3.05) is 11.4 Å². The van der Waals surface area contributed by atoms with Gasteiger partial charge in [0.05, 0.1) is 6.61 Å². The van der Waals surface area contributed by atoms with Gasteiger partial charge in [-0.1, -0.05) is 35.9 Å². The lowest BCUT2D eigenvalue weighted by Gasteiger charge is -2.23. The van der Waals surface area contributed by atoms with Crippen molar-refractivity contribution in [2.24, 2.45) is 0 Å². The Hall–Kier alpha value is -1.51. The number of aliphatic hydroxyl groups excluding tert-OH is 1. The van der Waals surface area contributed by atoms with E-state index in [4.69, 9.17) is 16.7 Å². The van der Waals surface area contributed by atoms with Crippen molar-refractivity contribution >= 4 is 23.0 Å². The predicted molar refractivity (Wildman–Crippen MR) is 76.5 cm³/mol. The van der Waals surface area contributed by atoms with E-state index in [9.17, 15) is 0 Å². The maximum absolute atomic E-state index is 9.12. The average Bonchev–Trinajstić information content (AvgIpc) is 2.41. The number of nitrogens with zero attached hydrogens (tertiary/aromatic N) is 1. The van der Waals surface area contributed by atoms with Crippen LogP contribution in [-0.2, 0) is 6.61 Å². The second-order valence-electron chi connectivity index (χ2n) is 4.01. The minimum atomic E-state index is -0.0312. The third-order valence-corrected chi connectivity index (χ3v) is 3.25. The molecule has 0 spiro atoms. The first-order valence-corrected chi connectivity index (χ1v) is 6.36. The summed E-state index contributed by atoms with van der Waals surface area (Å²) in [6, 6.07) is 15.9. The number of rotatable bonds is 4. The minimum Gasteiger partial charge on any atom is -0.392 e. The first kappa shape index (κ1) is 12.9. The SMILES string of the molecule is CCN(c1ccccc1)c1ccc(CO)c(Cl)c1. The van der Waals surface area contributed by atoms with Gasteiger partial charge in [0.2, 0.25) is 0 Å². The predicted octanol–water partition coefficient (Wildman–Crippen LogP) is 3.99. The van der Waals surface area contributed by atoms with Crippen molar-refractivity contribution in [3.05, 3.63) is 59.1 Å². The van der Waals surface area contributed by atoms with Gasteiger partial charge in [0.25, 0.3) is 0 Å². The van der Waals surface area contributed by atoms with E-state index in [2.05, 4.69) is 24.0 Å². The van der Waals surface area contributed by atoms with Crippen LogP contribution in [0, 0.1) is 0 Å². The summed E-state index contributed by atoms with van der Waals surface area (Å²) in [7, 11) is 0. The van der Waals surface area contributed by atoms with Crippen LogP contribution in [0.3, 0.4) is 0 Å². The van der Waals surface area contributed by atoms with Gasteiger partial charge in [-0.25, -0.2) is 0 Å².